The van der Waals surface area contributed by atoms with E-state index in [1.54, 1.807) is 0 Å². The van der Waals surface area contributed by atoms with Crippen molar-refractivity contribution in [2.75, 3.05) is 6.61 Å². The summed E-state index contributed by atoms with van der Waals surface area (Å²) >= 11 is 3.31. The molecular formula is C8H10BrClN2O. The largest absolute Gasteiger partial charge is 0.485 e. The molecule has 13 heavy (non-hydrogen) atoms. The third-order valence-corrected chi connectivity index (χ3v) is 1.87. The zero-order valence-corrected chi connectivity index (χ0v) is 9.19. The van der Waals surface area contributed by atoms with E-state index < -0.39 is 0 Å². The van der Waals surface area contributed by atoms with E-state index in [4.69, 9.17) is 15.9 Å². The highest BCUT2D eigenvalue weighted by molar-refractivity contribution is 9.10. The predicted molar refractivity (Wildman–Crippen MR) is 58.8 cm³/mol. The van der Waals surface area contributed by atoms with Gasteiger partial charge < -0.3 is 10.5 Å². The average molecular weight is 266 g/mol. The fourth-order valence-corrected chi connectivity index (χ4v) is 1.12. The molecule has 0 aliphatic carbocycles. The van der Waals surface area contributed by atoms with Crippen molar-refractivity contribution in [2.45, 2.75) is 0 Å². The van der Waals surface area contributed by atoms with Crippen LogP contribution in [0.2, 0.25) is 0 Å². The smallest absolute Gasteiger partial charge is 0.145 e. The topological polar surface area (TPSA) is 59.1 Å². The standard InChI is InChI=1S/C8H9BrN2O.ClH/c9-6-3-1-2-4-7(6)12-5-8(10)11;/h1-4H,5H2,(H3,10,11);1H. The van der Waals surface area contributed by atoms with Gasteiger partial charge in [-0.2, -0.15) is 0 Å². The lowest BCUT2D eigenvalue weighted by atomic mass is 10.3. The molecule has 3 nitrogen and oxygen atoms in total. The molecule has 1 aromatic rings. The number of nitrogens with one attached hydrogen (secondary N) is 1. The molecule has 1 rings (SSSR count). The number of hydrogen-bond donors (Lipinski definition) is 2. The molecule has 72 valence electrons. The first kappa shape index (κ1) is 12.3. The summed E-state index contributed by atoms with van der Waals surface area (Å²) in [7, 11) is 0. The average Bonchev–Trinajstić information content (AvgIpc) is 2.03. The SMILES string of the molecule is Cl.N=C(N)COc1ccccc1Br. The van der Waals surface area contributed by atoms with Crippen LogP contribution >= 0.6 is 28.3 Å². The second-order valence-electron chi connectivity index (χ2n) is 2.24. The van der Waals surface area contributed by atoms with Gasteiger partial charge >= 0.3 is 0 Å². The van der Waals surface area contributed by atoms with Gasteiger partial charge in [0.2, 0.25) is 0 Å². The highest BCUT2D eigenvalue weighted by Gasteiger charge is 1.98. The van der Waals surface area contributed by atoms with Gasteiger partial charge in [0, 0.05) is 0 Å². The number of ether oxygens (including phenoxy) is 1. The molecular weight excluding hydrogens is 255 g/mol. The van der Waals surface area contributed by atoms with Crippen LogP contribution in [0.3, 0.4) is 0 Å². The molecule has 0 heterocycles. The van der Waals surface area contributed by atoms with Crippen molar-refractivity contribution in [3.8, 4) is 5.75 Å². The van der Waals surface area contributed by atoms with E-state index in [2.05, 4.69) is 15.9 Å². The Hall–Kier alpha value is -0.740. The van der Waals surface area contributed by atoms with Crippen molar-refractivity contribution >= 4 is 34.2 Å². The van der Waals surface area contributed by atoms with E-state index >= 15 is 0 Å². The molecule has 1 aromatic carbocycles. The van der Waals surface area contributed by atoms with Crippen LogP contribution in [0.1, 0.15) is 0 Å². The van der Waals surface area contributed by atoms with Crippen molar-refractivity contribution in [3.05, 3.63) is 28.7 Å². The van der Waals surface area contributed by atoms with Gasteiger partial charge in [-0.1, -0.05) is 12.1 Å². The third kappa shape index (κ3) is 4.15. The van der Waals surface area contributed by atoms with Crippen molar-refractivity contribution in [3.63, 3.8) is 0 Å². The summed E-state index contributed by atoms with van der Waals surface area (Å²) in [4.78, 5) is 0. The van der Waals surface area contributed by atoms with Gasteiger partial charge in [-0.15, -0.1) is 12.4 Å². The maximum Gasteiger partial charge on any atom is 0.145 e. The molecule has 0 fully saturated rings. The Morgan fingerprint density at radius 1 is 1.46 bits per heavy atom. The third-order valence-electron chi connectivity index (χ3n) is 1.22. The first-order chi connectivity index (χ1) is 5.70. The van der Waals surface area contributed by atoms with Gasteiger partial charge in [0.05, 0.1) is 4.47 Å². The molecule has 3 N–H and O–H groups in total. The van der Waals surface area contributed by atoms with Crippen LogP contribution in [0.25, 0.3) is 0 Å². The quantitative estimate of drug-likeness (QED) is 0.650. The lowest BCUT2D eigenvalue weighted by Crippen LogP contribution is -2.19. The van der Waals surface area contributed by atoms with E-state index in [1.165, 1.54) is 0 Å². The molecule has 0 aliphatic rings. The van der Waals surface area contributed by atoms with Crippen molar-refractivity contribution in [2.24, 2.45) is 5.73 Å². The molecule has 0 spiro atoms. The maximum absolute atomic E-state index is 6.95. The summed E-state index contributed by atoms with van der Waals surface area (Å²) < 4.78 is 6.07. The van der Waals surface area contributed by atoms with Gasteiger partial charge in [0.15, 0.2) is 0 Å². The van der Waals surface area contributed by atoms with Crippen molar-refractivity contribution < 1.29 is 4.74 Å². The zero-order valence-electron chi connectivity index (χ0n) is 6.79. The second-order valence-corrected chi connectivity index (χ2v) is 3.10. The normalized spacial score (nSPS) is 8.69. The minimum Gasteiger partial charge on any atom is -0.485 e. The fourth-order valence-electron chi connectivity index (χ4n) is 0.717. The second kappa shape index (κ2) is 5.83. The summed E-state index contributed by atoms with van der Waals surface area (Å²) in [5.41, 5.74) is 5.13. The lowest BCUT2D eigenvalue weighted by molar-refractivity contribution is 0.372. The van der Waals surface area contributed by atoms with Gasteiger partial charge in [0.1, 0.15) is 18.2 Å². The molecule has 0 bridgehead atoms. The molecule has 0 saturated heterocycles. The molecule has 5 heteroatoms. The fraction of sp³-hybridized carbons (Fsp3) is 0.125. The summed E-state index contributed by atoms with van der Waals surface area (Å²) in [5, 5.41) is 6.95. The maximum atomic E-state index is 6.95. The van der Waals surface area contributed by atoms with E-state index in [0.29, 0.717) is 5.75 Å². The monoisotopic (exact) mass is 264 g/mol. The number of rotatable bonds is 3. The number of amidine groups is 1. The van der Waals surface area contributed by atoms with Gasteiger partial charge in [-0.05, 0) is 28.1 Å². The van der Waals surface area contributed by atoms with Gasteiger partial charge in [-0.3, -0.25) is 5.41 Å². The molecule has 0 unspecified atom stereocenters. The van der Waals surface area contributed by atoms with Crippen LogP contribution in [0.15, 0.2) is 28.7 Å². The van der Waals surface area contributed by atoms with E-state index in [9.17, 15) is 0 Å². The Bertz CT molecular complexity index is 293. The van der Waals surface area contributed by atoms with E-state index in [-0.39, 0.29) is 24.8 Å². The van der Waals surface area contributed by atoms with Gasteiger partial charge in [0.25, 0.3) is 0 Å². The van der Waals surface area contributed by atoms with Crippen LogP contribution in [0.5, 0.6) is 5.75 Å². The summed E-state index contributed by atoms with van der Waals surface area (Å²) in [6.45, 7) is 0.128. The van der Waals surface area contributed by atoms with Crippen LogP contribution < -0.4 is 10.5 Å². The van der Waals surface area contributed by atoms with Crippen molar-refractivity contribution in [1.82, 2.24) is 0 Å². The summed E-state index contributed by atoms with van der Waals surface area (Å²) in [6.07, 6.45) is 0. The molecule has 0 aromatic heterocycles. The highest BCUT2D eigenvalue weighted by Crippen LogP contribution is 2.23. The van der Waals surface area contributed by atoms with Crippen LogP contribution in [-0.2, 0) is 0 Å². The summed E-state index contributed by atoms with van der Waals surface area (Å²) in [6, 6.07) is 7.44. The minimum absolute atomic E-state index is 0. The molecule has 0 amide bonds. The lowest BCUT2D eigenvalue weighted by Gasteiger charge is -2.05. The number of hydrogen-bond acceptors (Lipinski definition) is 2. The van der Waals surface area contributed by atoms with Crippen LogP contribution in [0.4, 0.5) is 0 Å². The van der Waals surface area contributed by atoms with E-state index in [0.717, 1.165) is 4.47 Å². The number of halogens is 2. The van der Waals surface area contributed by atoms with E-state index in [1.807, 2.05) is 24.3 Å². The Kier molecular flexibility index (Phi) is 5.50. The first-order valence-electron chi connectivity index (χ1n) is 3.40. The van der Waals surface area contributed by atoms with Crippen LogP contribution in [0, 0.1) is 5.41 Å². The predicted octanol–water partition coefficient (Wildman–Crippen LogP) is 2.19. The first-order valence-corrected chi connectivity index (χ1v) is 4.19. The molecule has 0 saturated carbocycles. The summed E-state index contributed by atoms with van der Waals surface area (Å²) in [5.74, 6) is 0.721. The Labute approximate surface area is 91.3 Å². The Morgan fingerprint density at radius 2 is 2.08 bits per heavy atom. The number of benzene rings is 1. The Balaban J connectivity index is 0.00000144. The zero-order chi connectivity index (χ0) is 8.97. The van der Waals surface area contributed by atoms with Crippen LogP contribution in [-0.4, -0.2) is 12.4 Å². The molecule has 0 radical (unpaired) electrons. The number of nitrogens with two attached hydrogens (primary N) is 1. The minimum atomic E-state index is 0. The number of para-hydroxylation sites is 1. The van der Waals surface area contributed by atoms with Gasteiger partial charge in [-0.25, -0.2) is 0 Å². The Morgan fingerprint density at radius 3 is 2.62 bits per heavy atom. The molecule has 0 aliphatic heterocycles. The van der Waals surface area contributed by atoms with Crippen molar-refractivity contribution in [1.29, 1.82) is 5.41 Å². The molecule has 0 atom stereocenters. The highest BCUT2D eigenvalue weighted by atomic mass is 79.9.